The molecule has 0 fully saturated rings. The Bertz CT molecular complexity index is 1150. The molecule has 0 bridgehead atoms. The summed E-state index contributed by atoms with van der Waals surface area (Å²) in [6.07, 6.45) is -5.15. The molecule has 3 atom stereocenters. The van der Waals surface area contributed by atoms with Gasteiger partial charge < -0.3 is 4.74 Å². The number of alkyl halides is 3. The molecule has 4 rings (SSSR count). The molecule has 1 aliphatic heterocycles. The number of esters is 1. The molecule has 8 heteroatoms. The number of carbonyl (C=O) groups is 1. The number of rotatable bonds is 4. The molecular formula is C25H21ClF3N2O2+. The maximum absolute atomic E-state index is 13.2. The normalized spacial score (nSPS) is 22.6. The van der Waals surface area contributed by atoms with Crippen molar-refractivity contribution in [1.82, 2.24) is 4.48 Å². The Balaban J connectivity index is 1.97. The van der Waals surface area contributed by atoms with E-state index in [4.69, 9.17) is 16.3 Å². The first kappa shape index (κ1) is 23.0. The van der Waals surface area contributed by atoms with Crippen LogP contribution in [0.15, 0.2) is 89.9 Å². The van der Waals surface area contributed by atoms with Crippen LogP contribution in [0.4, 0.5) is 18.9 Å². The highest BCUT2D eigenvalue weighted by Gasteiger charge is 2.58. The van der Waals surface area contributed by atoms with Gasteiger partial charge in [0.05, 0.1) is 6.54 Å². The number of amidine groups is 1. The first-order valence-electron chi connectivity index (χ1n) is 10.4. The lowest BCUT2D eigenvalue weighted by Gasteiger charge is -2.39. The molecule has 0 N–H and O–H groups in total. The van der Waals surface area contributed by atoms with Gasteiger partial charge in [-0.05, 0) is 24.6 Å². The SMILES string of the molecule is CC[N+]1(c2ccc(Cl)cc2)C(OC(=O)C(F)(F)F)=N[C@H](c2ccccc2)[C@@H]1c1ccccc1. The largest absolute Gasteiger partial charge is 0.491 e. The van der Waals surface area contributed by atoms with Crippen LogP contribution in [0, 0.1) is 0 Å². The number of carbonyl (C=O) groups excluding carboxylic acids is 1. The summed E-state index contributed by atoms with van der Waals surface area (Å²) in [5, 5.41) is 0.480. The van der Waals surface area contributed by atoms with Gasteiger partial charge in [0.25, 0.3) is 0 Å². The zero-order chi connectivity index (χ0) is 23.6. The van der Waals surface area contributed by atoms with Crippen LogP contribution < -0.4 is 4.48 Å². The molecule has 3 aromatic rings. The van der Waals surface area contributed by atoms with Crippen molar-refractivity contribution in [2.45, 2.75) is 25.2 Å². The molecule has 0 aromatic heterocycles. The van der Waals surface area contributed by atoms with Crippen molar-refractivity contribution < 1.29 is 22.7 Å². The van der Waals surface area contributed by atoms with Gasteiger partial charge in [-0.1, -0.05) is 72.3 Å². The first-order chi connectivity index (χ1) is 15.8. The topological polar surface area (TPSA) is 38.7 Å². The second-order valence-electron chi connectivity index (χ2n) is 7.67. The smallest absolute Gasteiger partial charge is 0.356 e. The monoisotopic (exact) mass is 473 g/mol. The van der Waals surface area contributed by atoms with E-state index < -0.39 is 24.2 Å². The Morgan fingerprint density at radius 3 is 2.00 bits per heavy atom. The molecule has 0 radical (unpaired) electrons. The second kappa shape index (κ2) is 9.00. The summed E-state index contributed by atoms with van der Waals surface area (Å²) in [6, 6.07) is 24.1. The van der Waals surface area contributed by atoms with Gasteiger partial charge in [-0.25, -0.2) is 9.28 Å². The predicted molar refractivity (Wildman–Crippen MR) is 122 cm³/mol. The van der Waals surface area contributed by atoms with Gasteiger partial charge in [0, 0.05) is 22.7 Å². The van der Waals surface area contributed by atoms with Crippen LogP contribution in [0.3, 0.4) is 0 Å². The van der Waals surface area contributed by atoms with E-state index in [1.807, 2.05) is 67.6 Å². The minimum Gasteiger partial charge on any atom is -0.356 e. The molecule has 1 aliphatic rings. The van der Waals surface area contributed by atoms with Crippen molar-refractivity contribution in [2.75, 3.05) is 6.54 Å². The number of hydrogen-bond donors (Lipinski definition) is 0. The Morgan fingerprint density at radius 2 is 1.48 bits per heavy atom. The van der Waals surface area contributed by atoms with Crippen LogP contribution in [-0.2, 0) is 9.53 Å². The Labute approximate surface area is 194 Å². The Hall–Kier alpha value is -3.16. The van der Waals surface area contributed by atoms with Crippen molar-refractivity contribution in [1.29, 1.82) is 0 Å². The van der Waals surface area contributed by atoms with E-state index in [1.54, 1.807) is 24.3 Å². The maximum atomic E-state index is 13.2. The Morgan fingerprint density at radius 1 is 0.939 bits per heavy atom. The molecule has 0 spiro atoms. The molecule has 4 nitrogen and oxygen atoms in total. The van der Waals surface area contributed by atoms with E-state index in [0.717, 1.165) is 11.1 Å². The summed E-state index contributed by atoms with van der Waals surface area (Å²) in [5.41, 5.74) is 2.27. The standard InChI is InChI=1S/C25H21ClF3N2O2/c1-2-31(20-15-13-19(26)14-16-20)22(18-11-7-4-8-12-18)21(17-9-5-3-6-10-17)30-24(31)33-23(32)25(27,28)29/h3-16,21-22H,2H2,1H3/q+1/t21-,22+,31?/m1/s1. The van der Waals surface area contributed by atoms with Crippen molar-refractivity contribution in [3.8, 4) is 0 Å². The van der Waals surface area contributed by atoms with E-state index in [0.29, 0.717) is 10.7 Å². The van der Waals surface area contributed by atoms with Gasteiger partial charge in [-0.2, -0.15) is 18.2 Å². The molecular weight excluding hydrogens is 453 g/mol. The summed E-state index contributed by atoms with van der Waals surface area (Å²) in [6.45, 7) is 2.11. The van der Waals surface area contributed by atoms with Crippen LogP contribution in [-0.4, -0.2) is 24.7 Å². The lowest BCUT2D eigenvalue weighted by molar-refractivity contribution is -0.191. The molecule has 0 saturated heterocycles. The highest BCUT2D eigenvalue weighted by Crippen LogP contribution is 2.50. The number of aliphatic imine (C=N–C) groups is 1. The molecule has 3 aromatic carbocycles. The quantitative estimate of drug-likeness (QED) is 0.315. The number of ether oxygens (including phenoxy) is 1. The molecule has 0 saturated carbocycles. The molecule has 170 valence electrons. The predicted octanol–water partition coefficient (Wildman–Crippen LogP) is 6.62. The van der Waals surface area contributed by atoms with Crippen molar-refractivity contribution in [3.05, 3.63) is 101 Å². The Kier molecular flexibility index (Phi) is 6.28. The molecule has 33 heavy (non-hydrogen) atoms. The van der Waals surface area contributed by atoms with Crippen molar-refractivity contribution in [2.24, 2.45) is 4.99 Å². The maximum Gasteiger partial charge on any atom is 0.491 e. The van der Waals surface area contributed by atoms with Crippen LogP contribution in [0.2, 0.25) is 5.02 Å². The molecule has 1 unspecified atom stereocenters. The molecule has 1 heterocycles. The van der Waals surface area contributed by atoms with Gasteiger partial charge in [0.15, 0.2) is 6.04 Å². The average Bonchev–Trinajstić information content (AvgIpc) is 3.15. The lowest BCUT2D eigenvalue weighted by Crippen LogP contribution is -2.56. The number of benzene rings is 3. The van der Waals surface area contributed by atoms with E-state index in [-0.39, 0.29) is 17.0 Å². The number of nitrogens with zero attached hydrogens (tertiary/aromatic N) is 2. The fourth-order valence-corrected chi connectivity index (χ4v) is 4.51. The third kappa shape index (κ3) is 4.26. The minimum atomic E-state index is -5.15. The van der Waals surface area contributed by atoms with E-state index >= 15 is 0 Å². The zero-order valence-corrected chi connectivity index (χ0v) is 18.4. The van der Waals surface area contributed by atoms with Crippen molar-refractivity contribution >= 4 is 29.3 Å². The number of hydrogen-bond acceptors (Lipinski definition) is 3. The number of likely N-dealkylation sites (N-methyl/N-ethyl adjacent to an activating group) is 1. The fourth-order valence-electron chi connectivity index (χ4n) is 4.39. The van der Waals surface area contributed by atoms with E-state index in [2.05, 4.69) is 4.99 Å². The second-order valence-corrected chi connectivity index (χ2v) is 8.11. The van der Waals surface area contributed by atoms with Gasteiger partial charge in [-0.15, -0.1) is 0 Å². The summed E-state index contributed by atoms with van der Waals surface area (Å²) in [5.74, 6) is -2.30. The first-order valence-corrected chi connectivity index (χ1v) is 10.8. The highest BCUT2D eigenvalue weighted by atomic mass is 35.5. The van der Waals surface area contributed by atoms with Crippen LogP contribution >= 0.6 is 11.6 Å². The zero-order valence-electron chi connectivity index (χ0n) is 17.7. The van der Waals surface area contributed by atoms with Gasteiger partial charge in [0.2, 0.25) is 0 Å². The fraction of sp³-hybridized carbons (Fsp3) is 0.200. The van der Waals surface area contributed by atoms with Crippen molar-refractivity contribution in [3.63, 3.8) is 0 Å². The summed E-state index contributed by atoms with van der Waals surface area (Å²) in [4.78, 5) is 16.5. The summed E-state index contributed by atoms with van der Waals surface area (Å²) < 4.78 is 44.4. The summed E-state index contributed by atoms with van der Waals surface area (Å²) in [7, 11) is 0. The minimum absolute atomic E-state index is 0.206. The third-order valence-corrected chi connectivity index (χ3v) is 6.10. The lowest BCUT2D eigenvalue weighted by atomic mass is 9.91. The van der Waals surface area contributed by atoms with Crippen LogP contribution in [0.1, 0.15) is 30.1 Å². The van der Waals surface area contributed by atoms with Gasteiger partial charge in [-0.3, -0.25) is 0 Å². The van der Waals surface area contributed by atoms with E-state index in [1.165, 1.54) is 0 Å². The number of halogens is 4. The summed E-state index contributed by atoms with van der Waals surface area (Å²) >= 11 is 6.09. The molecule has 0 aliphatic carbocycles. The third-order valence-electron chi connectivity index (χ3n) is 5.85. The highest BCUT2D eigenvalue weighted by molar-refractivity contribution is 6.30. The van der Waals surface area contributed by atoms with E-state index in [9.17, 15) is 18.0 Å². The van der Waals surface area contributed by atoms with Gasteiger partial charge >= 0.3 is 18.2 Å². The average molecular weight is 474 g/mol. The number of quaternary nitrogens is 1. The molecule has 0 amide bonds. The van der Waals surface area contributed by atoms with Crippen LogP contribution in [0.5, 0.6) is 0 Å². The van der Waals surface area contributed by atoms with Crippen LogP contribution in [0.25, 0.3) is 0 Å². The van der Waals surface area contributed by atoms with Gasteiger partial charge in [0.1, 0.15) is 11.7 Å².